The van der Waals surface area contributed by atoms with E-state index in [9.17, 15) is 0 Å². The molecule has 3 rings (SSSR count). The van der Waals surface area contributed by atoms with Gasteiger partial charge in [0.05, 0.1) is 12.1 Å². The topological polar surface area (TPSA) is 38.5 Å². The molecule has 1 aliphatic heterocycles. The Morgan fingerprint density at radius 3 is 2.78 bits per heavy atom. The fourth-order valence-electron chi connectivity index (χ4n) is 4.60. The van der Waals surface area contributed by atoms with Crippen LogP contribution in [-0.4, -0.2) is 43.8 Å². The van der Waals surface area contributed by atoms with E-state index < -0.39 is 0 Å². The van der Waals surface area contributed by atoms with E-state index >= 15 is 0 Å². The molecule has 0 radical (unpaired) electrons. The number of rotatable bonds is 4. The van der Waals surface area contributed by atoms with E-state index in [4.69, 9.17) is 10.5 Å². The average molecular weight is 252 g/mol. The molecule has 18 heavy (non-hydrogen) atoms. The lowest BCUT2D eigenvalue weighted by molar-refractivity contribution is -0.0417. The summed E-state index contributed by atoms with van der Waals surface area (Å²) in [6, 6.07) is 0. The molecule has 0 amide bonds. The lowest BCUT2D eigenvalue weighted by atomic mass is 9.85. The zero-order valence-corrected chi connectivity index (χ0v) is 11.7. The van der Waals surface area contributed by atoms with Crippen LogP contribution in [-0.2, 0) is 4.74 Å². The van der Waals surface area contributed by atoms with E-state index in [1.807, 2.05) is 0 Å². The van der Waals surface area contributed by atoms with Crippen molar-refractivity contribution >= 4 is 0 Å². The van der Waals surface area contributed by atoms with Crippen LogP contribution in [0.2, 0.25) is 0 Å². The van der Waals surface area contributed by atoms with E-state index in [0.29, 0.717) is 0 Å². The molecule has 3 fully saturated rings. The fraction of sp³-hybridized carbons (Fsp3) is 1.00. The summed E-state index contributed by atoms with van der Waals surface area (Å²) in [7, 11) is 2.27. The third-order valence-electron chi connectivity index (χ3n) is 5.88. The lowest BCUT2D eigenvalue weighted by Crippen LogP contribution is -2.58. The minimum atomic E-state index is 0.125. The predicted molar refractivity (Wildman–Crippen MR) is 73.4 cm³/mol. The number of fused-ring (bicyclic) bond motifs is 2. The van der Waals surface area contributed by atoms with Crippen LogP contribution in [0.25, 0.3) is 0 Å². The largest absolute Gasteiger partial charge is 0.379 e. The van der Waals surface area contributed by atoms with Crippen LogP contribution in [0.5, 0.6) is 0 Å². The molecule has 1 saturated heterocycles. The van der Waals surface area contributed by atoms with Crippen molar-refractivity contribution in [3.8, 4) is 0 Å². The van der Waals surface area contributed by atoms with Crippen LogP contribution >= 0.6 is 0 Å². The third-order valence-corrected chi connectivity index (χ3v) is 5.88. The number of likely N-dealkylation sites (N-methyl/N-ethyl adjacent to an activating group) is 1. The number of hydrogen-bond acceptors (Lipinski definition) is 3. The minimum Gasteiger partial charge on any atom is -0.379 e. The molecule has 4 atom stereocenters. The van der Waals surface area contributed by atoms with Gasteiger partial charge in [-0.25, -0.2) is 0 Å². The smallest absolute Gasteiger partial charge is 0.0662 e. The molecular weight excluding hydrogens is 224 g/mol. The summed E-state index contributed by atoms with van der Waals surface area (Å²) in [5.74, 6) is 2.99. The number of hydrogen-bond donors (Lipinski definition) is 1. The second-order valence-electron chi connectivity index (χ2n) is 6.90. The summed E-state index contributed by atoms with van der Waals surface area (Å²) < 4.78 is 5.70. The summed E-state index contributed by atoms with van der Waals surface area (Å²) >= 11 is 0. The first-order chi connectivity index (χ1) is 8.73. The Bertz CT molecular complexity index is 288. The molecule has 1 heterocycles. The highest BCUT2D eigenvalue weighted by molar-refractivity contribution is 4.96. The Kier molecular flexibility index (Phi) is 3.65. The Morgan fingerprint density at radius 2 is 2.22 bits per heavy atom. The van der Waals surface area contributed by atoms with Crippen molar-refractivity contribution in [2.45, 2.75) is 44.1 Å². The van der Waals surface area contributed by atoms with E-state index in [-0.39, 0.29) is 5.54 Å². The molecule has 0 spiro atoms. The average Bonchev–Trinajstić information content (AvgIpc) is 3.01. The van der Waals surface area contributed by atoms with Gasteiger partial charge in [0.1, 0.15) is 0 Å². The summed E-state index contributed by atoms with van der Waals surface area (Å²) in [5.41, 5.74) is 6.19. The maximum absolute atomic E-state index is 6.07. The van der Waals surface area contributed by atoms with Gasteiger partial charge in [0, 0.05) is 19.7 Å². The molecule has 2 saturated carbocycles. The zero-order valence-electron chi connectivity index (χ0n) is 11.7. The van der Waals surface area contributed by atoms with E-state index in [0.717, 1.165) is 43.9 Å². The highest BCUT2D eigenvalue weighted by atomic mass is 16.5. The lowest BCUT2D eigenvalue weighted by Gasteiger charge is -2.45. The summed E-state index contributed by atoms with van der Waals surface area (Å²) in [4.78, 5) is 2.54. The van der Waals surface area contributed by atoms with Crippen LogP contribution in [0.1, 0.15) is 38.5 Å². The van der Waals surface area contributed by atoms with E-state index in [2.05, 4.69) is 11.9 Å². The first-order valence-corrected chi connectivity index (χ1v) is 7.72. The summed E-state index contributed by atoms with van der Waals surface area (Å²) in [6.45, 7) is 3.73. The number of ether oxygens (including phenoxy) is 1. The predicted octanol–water partition coefficient (Wildman–Crippen LogP) is 1.86. The van der Waals surface area contributed by atoms with Gasteiger partial charge >= 0.3 is 0 Å². The summed E-state index contributed by atoms with van der Waals surface area (Å²) in [5, 5.41) is 0. The van der Waals surface area contributed by atoms with Gasteiger partial charge in [-0.1, -0.05) is 6.42 Å². The second-order valence-corrected chi connectivity index (χ2v) is 6.90. The highest BCUT2D eigenvalue weighted by Gasteiger charge is 2.43. The molecule has 3 aliphatic rings. The van der Waals surface area contributed by atoms with Gasteiger partial charge in [-0.3, -0.25) is 4.90 Å². The van der Waals surface area contributed by atoms with Crippen LogP contribution in [0.15, 0.2) is 0 Å². The van der Waals surface area contributed by atoms with Crippen molar-refractivity contribution in [1.82, 2.24) is 4.90 Å². The minimum absolute atomic E-state index is 0.125. The van der Waals surface area contributed by atoms with Gasteiger partial charge in [0.25, 0.3) is 0 Å². The quantitative estimate of drug-likeness (QED) is 0.830. The molecule has 3 heteroatoms. The van der Waals surface area contributed by atoms with Crippen molar-refractivity contribution in [3.63, 3.8) is 0 Å². The monoisotopic (exact) mass is 252 g/mol. The molecular formula is C15H28N2O. The van der Waals surface area contributed by atoms with Crippen LogP contribution in [0, 0.1) is 17.8 Å². The van der Waals surface area contributed by atoms with Crippen LogP contribution < -0.4 is 5.73 Å². The van der Waals surface area contributed by atoms with Gasteiger partial charge in [-0.05, 0) is 56.9 Å². The number of nitrogens with two attached hydrogens (primary N) is 1. The molecule has 0 aromatic rings. The Balaban J connectivity index is 1.61. The maximum Gasteiger partial charge on any atom is 0.0662 e. The molecule has 4 unspecified atom stereocenters. The van der Waals surface area contributed by atoms with E-state index in [1.165, 1.54) is 38.6 Å². The van der Waals surface area contributed by atoms with Crippen molar-refractivity contribution in [2.24, 2.45) is 23.5 Å². The standard InChI is InChI=1S/C15H28N2O/c1-17(15(10-16)5-2-6-18-11-15)9-14-8-12-3-4-13(14)7-12/h12-14H,2-11,16H2,1H3. The van der Waals surface area contributed by atoms with Gasteiger partial charge in [-0.2, -0.15) is 0 Å². The highest BCUT2D eigenvalue weighted by Crippen LogP contribution is 2.48. The van der Waals surface area contributed by atoms with Crippen molar-refractivity contribution in [3.05, 3.63) is 0 Å². The van der Waals surface area contributed by atoms with Crippen molar-refractivity contribution < 1.29 is 4.74 Å². The first-order valence-electron chi connectivity index (χ1n) is 7.72. The van der Waals surface area contributed by atoms with Gasteiger partial charge in [0.15, 0.2) is 0 Å². The SMILES string of the molecule is CN(CC1CC2CCC1C2)C1(CN)CCCOC1. The molecule has 2 N–H and O–H groups in total. The zero-order chi connectivity index (χ0) is 12.6. The summed E-state index contributed by atoms with van der Waals surface area (Å²) in [6.07, 6.45) is 8.32. The van der Waals surface area contributed by atoms with Gasteiger partial charge < -0.3 is 10.5 Å². The molecule has 2 bridgehead atoms. The molecule has 0 aromatic carbocycles. The second kappa shape index (κ2) is 5.10. The van der Waals surface area contributed by atoms with Crippen LogP contribution in [0.4, 0.5) is 0 Å². The molecule has 2 aliphatic carbocycles. The van der Waals surface area contributed by atoms with Crippen molar-refractivity contribution in [1.29, 1.82) is 0 Å². The van der Waals surface area contributed by atoms with Gasteiger partial charge in [-0.15, -0.1) is 0 Å². The molecule has 3 nitrogen and oxygen atoms in total. The Morgan fingerprint density at radius 1 is 1.33 bits per heavy atom. The van der Waals surface area contributed by atoms with Crippen molar-refractivity contribution in [2.75, 3.05) is 33.4 Å². The Labute approximate surface area is 111 Å². The first kappa shape index (κ1) is 12.9. The Hall–Kier alpha value is -0.120. The van der Waals surface area contributed by atoms with E-state index in [1.54, 1.807) is 0 Å². The number of nitrogens with zero attached hydrogens (tertiary/aromatic N) is 1. The normalized spacial score (nSPS) is 43.8. The molecule has 104 valence electrons. The fourth-order valence-corrected chi connectivity index (χ4v) is 4.60. The molecule has 0 aromatic heterocycles. The maximum atomic E-state index is 6.07. The van der Waals surface area contributed by atoms with Gasteiger partial charge in [0.2, 0.25) is 0 Å². The van der Waals surface area contributed by atoms with Crippen LogP contribution in [0.3, 0.4) is 0 Å². The third kappa shape index (κ3) is 2.21.